The van der Waals surface area contributed by atoms with E-state index in [1.54, 1.807) is 18.2 Å². The van der Waals surface area contributed by atoms with Gasteiger partial charge in [-0.2, -0.15) is 23.1 Å². The van der Waals surface area contributed by atoms with Crippen LogP contribution in [0.1, 0.15) is 5.56 Å². The van der Waals surface area contributed by atoms with Crippen LogP contribution in [0.3, 0.4) is 0 Å². The first-order valence-corrected chi connectivity index (χ1v) is 7.00. The van der Waals surface area contributed by atoms with Crippen LogP contribution >= 0.6 is 0 Å². The maximum absolute atomic E-state index is 13.5. The molecular weight excluding hydrogens is 337 g/mol. The van der Waals surface area contributed by atoms with Gasteiger partial charge in [-0.25, -0.2) is 9.97 Å². The zero-order valence-corrected chi connectivity index (χ0v) is 12.9. The minimum atomic E-state index is -4.76. The second kappa shape index (κ2) is 6.71. The summed E-state index contributed by atoms with van der Waals surface area (Å²) < 4.78 is 50.6. The smallest absolute Gasteiger partial charge is 0.426 e. The number of hydrogen-bond donors (Lipinski definition) is 0. The number of benzene rings is 1. The van der Waals surface area contributed by atoms with E-state index in [-0.39, 0.29) is 11.6 Å². The van der Waals surface area contributed by atoms with Crippen molar-refractivity contribution in [2.24, 2.45) is 0 Å². The van der Waals surface area contributed by atoms with Crippen LogP contribution in [0.15, 0.2) is 49.1 Å². The molecule has 25 heavy (non-hydrogen) atoms. The molecule has 0 saturated heterocycles. The summed E-state index contributed by atoms with van der Waals surface area (Å²) in [5.74, 6) is -1.16. The molecule has 0 spiro atoms. The van der Waals surface area contributed by atoms with Crippen molar-refractivity contribution in [1.82, 2.24) is 19.9 Å². The summed E-state index contributed by atoms with van der Waals surface area (Å²) in [6.07, 6.45) is -0.726. The lowest BCUT2D eigenvalue weighted by atomic mass is 10.2. The fraction of sp³-hybridized carbons (Fsp3) is 0.125. The molecule has 0 aliphatic carbocycles. The van der Waals surface area contributed by atoms with Crippen LogP contribution in [0.4, 0.5) is 13.2 Å². The van der Waals surface area contributed by atoms with Crippen LogP contribution in [-0.4, -0.2) is 27.0 Å². The third-order valence-electron chi connectivity index (χ3n) is 3.10. The van der Waals surface area contributed by atoms with Gasteiger partial charge in [0.15, 0.2) is 11.4 Å². The second-order valence-electron chi connectivity index (χ2n) is 4.78. The number of alkyl halides is 3. The van der Waals surface area contributed by atoms with Gasteiger partial charge in [-0.05, 0) is 12.1 Å². The molecule has 3 rings (SSSR count). The Bertz CT molecular complexity index is 859. The van der Waals surface area contributed by atoms with Gasteiger partial charge in [0.2, 0.25) is 11.8 Å². The van der Waals surface area contributed by atoms with Gasteiger partial charge < -0.3 is 9.47 Å². The van der Waals surface area contributed by atoms with Gasteiger partial charge in [0.1, 0.15) is 12.1 Å². The lowest BCUT2D eigenvalue weighted by Crippen LogP contribution is -2.13. The molecule has 0 aliphatic rings. The third kappa shape index (κ3) is 3.65. The lowest BCUT2D eigenvalue weighted by Gasteiger charge is -2.16. The number of rotatable bonds is 4. The van der Waals surface area contributed by atoms with Crippen molar-refractivity contribution >= 4 is 0 Å². The predicted molar refractivity (Wildman–Crippen MR) is 81.1 cm³/mol. The van der Waals surface area contributed by atoms with E-state index >= 15 is 0 Å². The van der Waals surface area contributed by atoms with E-state index in [1.165, 1.54) is 30.9 Å². The van der Waals surface area contributed by atoms with Gasteiger partial charge >= 0.3 is 6.18 Å². The summed E-state index contributed by atoms with van der Waals surface area (Å²) in [6, 6.07) is 8.00. The normalized spacial score (nSPS) is 11.2. The first kappa shape index (κ1) is 16.6. The van der Waals surface area contributed by atoms with Gasteiger partial charge in [0, 0.05) is 12.4 Å². The molecule has 0 radical (unpaired) electrons. The summed E-state index contributed by atoms with van der Waals surface area (Å²) in [6.45, 7) is 0. The zero-order chi connectivity index (χ0) is 17.9. The van der Waals surface area contributed by atoms with Crippen LogP contribution in [0.2, 0.25) is 0 Å². The molecule has 0 atom stereocenters. The minimum absolute atomic E-state index is 0.0450. The van der Waals surface area contributed by atoms with E-state index in [0.29, 0.717) is 5.56 Å². The van der Waals surface area contributed by atoms with E-state index in [4.69, 9.17) is 9.47 Å². The molecule has 2 aromatic heterocycles. The topological polar surface area (TPSA) is 70.0 Å². The van der Waals surface area contributed by atoms with E-state index in [1.807, 2.05) is 0 Å². The Morgan fingerprint density at radius 2 is 1.56 bits per heavy atom. The monoisotopic (exact) mass is 348 g/mol. The summed E-state index contributed by atoms with van der Waals surface area (Å²) in [7, 11) is 1.09. The van der Waals surface area contributed by atoms with E-state index in [0.717, 1.165) is 7.11 Å². The Hall–Kier alpha value is -3.23. The van der Waals surface area contributed by atoms with E-state index < -0.39 is 23.5 Å². The standard InChI is InChI=1S/C16H11F3N4O2/c1-24-14-12(16(17,18)19)15(25-11-5-3-2-4-6-11)23-13(22-14)10-7-20-9-21-8-10/h2-9H,1H3. The largest absolute Gasteiger partial charge is 0.480 e. The highest BCUT2D eigenvalue weighted by Gasteiger charge is 2.41. The van der Waals surface area contributed by atoms with Crippen LogP contribution in [0, 0.1) is 0 Å². The van der Waals surface area contributed by atoms with Crippen LogP contribution in [0.25, 0.3) is 11.4 Å². The molecule has 2 heterocycles. The first-order chi connectivity index (χ1) is 12.0. The summed E-state index contributed by atoms with van der Waals surface area (Å²) in [4.78, 5) is 15.3. The summed E-state index contributed by atoms with van der Waals surface area (Å²) in [5.41, 5.74) is -0.869. The maximum Gasteiger partial charge on any atom is 0.426 e. The fourth-order valence-corrected chi connectivity index (χ4v) is 2.03. The van der Waals surface area contributed by atoms with Crippen molar-refractivity contribution < 1.29 is 22.6 Å². The van der Waals surface area contributed by atoms with Crippen LogP contribution in [-0.2, 0) is 6.18 Å². The minimum Gasteiger partial charge on any atom is -0.480 e. The van der Waals surface area contributed by atoms with Crippen molar-refractivity contribution in [1.29, 1.82) is 0 Å². The van der Waals surface area contributed by atoms with Gasteiger partial charge in [-0.3, -0.25) is 0 Å². The fourth-order valence-electron chi connectivity index (χ4n) is 2.03. The van der Waals surface area contributed by atoms with Crippen molar-refractivity contribution in [3.8, 4) is 28.9 Å². The average molecular weight is 348 g/mol. The highest BCUT2D eigenvalue weighted by atomic mass is 19.4. The van der Waals surface area contributed by atoms with Crippen LogP contribution in [0.5, 0.6) is 17.5 Å². The zero-order valence-electron chi connectivity index (χ0n) is 12.9. The molecule has 0 saturated carbocycles. The molecule has 0 bridgehead atoms. The van der Waals surface area contributed by atoms with E-state index in [9.17, 15) is 13.2 Å². The number of hydrogen-bond acceptors (Lipinski definition) is 6. The Labute approximate surface area is 140 Å². The third-order valence-corrected chi connectivity index (χ3v) is 3.10. The molecule has 0 unspecified atom stereocenters. The number of halogens is 3. The van der Waals surface area contributed by atoms with Crippen molar-refractivity contribution in [3.05, 3.63) is 54.6 Å². The molecule has 1 aromatic carbocycles. The molecule has 6 nitrogen and oxygen atoms in total. The molecule has 0 amide bonds. The SMILES string of the molecule is COc1nc(-c2cncnc2)nc(Oc2ccccc2)c1C(F)(F)F. The predicted octanol–water partition coefficient (Wildman–Crippen LogP) is 3.75. The van der Waals surface area contributed by atoms with Crippen molar-refractivity contribution in [2.75, 3.05) is 7.11 Å². The number of nitrogens with zero attached hydrogens (tertiary/aromatic N) is 4. The quantitative estimate of drug-likeness (QED) is 0.715. The number of para-hydroxylation sites is 1. The molecule has 9 heteroatoms. The molecule has 0 N–H and O–H groups in total. The number of aromatic nitrogens is 4. The molecule has 0 fully saturated rings. The van der Waals surface area contributed by atoms with Gasteiger partial charge in [-0.15, -0.1) is 0 Å². The Balaban J connectivity index is 2.18. The van der Waals surface area contributed by atoms with Crippen molar-refractivity contribution in [2.45, 2.75) is 6.18 Å². The van der Waals surface area contributed by atoms with Gasteiger partial charge in [0.25, 0.3) is 0 Å². The lowest BCUT2D eigenvalue weighted by molar-refractivity contribution is -0.140. The molecular formula is C16H11F3N4O2. The Morgan fingerprint density at radius 3 is 2.16 bits per heavy atom. The second-order valence-corrected chi connectivity index (χ2v) is 4.78. The molecule has 0 aliphatic heterocycles. The maximum atomic E-state index is 13.5. The highest BCUT2D eigenvalue weighted by molar-refractivity contribution is 5.56. The Morgan fingerprint density at radius 1 is 0.920 bits per heavy atom. The van der Waals surface area contributed by atoms with Gasteiger partial charge in [-0.1, -0.05) is 18.2 Å². The number of methoxy groups -OCH3 is 1. The van der Waals surface area contributed by atoms with Crippen LogP contribution < -0.4 is 9.47 Å². The van der Waals surface area contributed by atoms with Crippen molar-refractivity contribution in [3.63, 3.8) is 0 Å². The van der Waals surface area contributed by atoms with Gasteiger partial charge in [0.05, 0.1) is 12.7 Å². The Kier molecular flexibility index (Phi) is 4.46. The molecule has 128 valence electrons. The highest BCUT2D eigenvalue weighted by Crippen LogP contribution is 2.42. The molecule has 3 aromatic rings. The van der Waals surface area contributed by atoms with E-state index in [2.05, 4.69) is 19.9 Å². The summed E-state index contributed by atoms with van der Waals surface area (Å²) >= 11 is 0. The summed E-state index contributed by atoms with van der Waals surface area (Å²) in [5, 5.41) is 0. The average Bonchev–Trinajstić information content (AvgIpc) is 2.61. The first-order valence-electron chi connectivity index (χ1n) is 7.00. The number of ether oxygens (including phenoxy) is 2.